The Kier molecular flexibility index (Phi) is 5.53. The average molecular weight is 259 g/mol. The van der Waals surface area contributed by atoms with E-state index in [1.807, 2.05) is 0 Å². The lowest BCUT2D eigenvalue weighted by molar-refractivity contribution is -0.137. The van der Waals surface area contributed by atoms with Crippen molar-refractivity contribution in [1.82, 2.24) is 15.1 Å². The van der Waals surface area contributed by atoms with Gasteiger partial charge in [0.15, 0.2) is 0 Å². The number of aliphatic hydroxyl groups is 1. The highest BCUT2D eigenvalue weighted by molar-refractivity contribution is 6.04. The van der Waals surface area contributed by atoms with Crippen molar-refractivity contribution in [1.29, 1.82) is 0 Å². The predicted molar refractivity (Wildman–Crippen MR) is 60.7 cm³/mol. The van der Waals surface area contributed by atoms with Gasteiger partial charge in [-0.3, -0.25) is 14.5 Å². The molecule has 1 aliphatic rings. The van der Waals surface area contributed by atoms with Gasteiger partial charge in [0.25, 0.3) is 5.91 Å². The number of carbonyl (C=O) groups excluding carboxylic acids is 3. The zero-order chi connectivity index (χ0) is 13.5. The quantitative estimate of drug-likeness (QED) is 0.515. The van der Waals surface area contributed by atoms with Crippen molar-refractivity contribution in [3.8, 4) is 0 Å². The summed E-state index contributed by atoms with van der Waals surface area (Å²) in [7, 11) is 1.50. The molecule has 102 valence electrons. The van der Waals surface area contributed by atoms with Crippen LogP contribution in [0.3, 0.4) is 0 Å². The Labute approximate surface area is 104 Å². The fraction of sp³-hybridized carbons (Fsp3) is 0.700. The molecule has 8 nitrogen and oxygen atoms in total. The third-order valence-corrected chi connectivity index (χ3v) is 2.52. The molecule has 0 saturated carbocycles. The Bertz CT molecular complexity index is 317. The van der Waals surface area contributed by atoms with Gasteiger partial charge in [0.1, 0.15) is 6.54 Å². The van der Waals surface area contributed by atoms with Crippen LogP contribution in [0.1, 0.15) is 0 Å². The minimum atomic E-state index is -0.566. The Hall–Kier alpha value is -1.67. The highest BCUT2D eigenvalue weighted by Gasteiger charge is 2.31. The number of rotatable bonds is 7. The van der Waals surface area contributed by atoms with Gasteiger partial charge in [-0.1, -0.05) is 0 Å². The molecule has 8 heteroatoms. The number of carbonyl (C=O) groups is 3. The Morgan fingerprint density at radius 1 is 1.50 bits per heavy atom. The lowest BCUT2D eigenvalue weighted by atomic mass is 10.4. The Balaban J connectivity index is 2.54. The van der Waals surface area contributed by atoms with Crippen LogP contribution in [0.4, 0.5) is 4.79 Å². The summed E-state index contributed by atoms with van der Waals surface area (Å²) in [5.41, 5.74) is 0. The molecule has 1 rings (SSSR count). The molecule has 0 aromatic rings. The van der Waals surface area contributed by atoms with Crippen molar-refractivity contribution < 1.29 is 24.2 Å². The second-order valence-corrected chi connectivity index (χ2v) is 3.74. The van der Waals surface area contributed by atoms with Crippen molar-refractivity contribution in [2.24, 2.45) is 0 Å². The van der Waals surface area contributed by atoms with Crippen molar-refractivity contribution in [3.63, 3.8) is 0 Å². The molecule has 18 heavy (non-hydrogen) atoms. The van der Waals surface area contributed by atoms with Crippen molar-refractivity contribution >= 4 is 17.8 Å². The monoisotopic (exact) mass is 259 g/mol. The van der Waals surface area contributed by atoms with Gasteiger partial charge in [0.05, 0.1) is 19.8 Å². The number of hydrogen-bond donors (Lipinski definition) is 2. The van der Waals surface area contributed by atoms with E-state index in [-0.39, 0.29) is 26.2 Å². The number of hydrogen-bond acceptors (Lipinski definition) is 5. The van der Waals surface area contributed by atoms with E-state index in [2.05, 4.69) is 5.32 Å². The van der Waals surface area contributed by atoms with E-state index in [1.54, 1.807) is 0 Å². The third-order valence-electron chi connectivity index (χ3n) is 2.52. The maximum absolute atomic E-state index is 11.9. The van der Waals surface area contributed by atoms with Crippen LogP contribution < -0.4 is 5.32 Å². The first-order valence-corrected chi connectivity index (χ1v) is 5.56. The lowest BCUT2D eigenvalue weighted by Gasteiger charge is -2.23. The van der Waals surface area contributed by atoms with E-state index in [9.17, 15) is 14.4 Å². The van der Waals surface area contributed by atoms with Crippen LogP contribution in [0.2, 0.25) is 0 Å². The largest absolute Gasteiger partial charge is 0.395 e. The van der Waals surface area contributed by atoms with Gasteiger partial charge in [0.2, 0.25) is 5.91 Å². The smallest absolute Gasteiger partial charge is 0.325 e. The summed E-state index contributed by atoms with van der Waals surface area (Å²) >= 11 is 0. The topological polar surface area (TPSA) is 99.2 Å². The van der Waals surface area contributed by atoms with Crippen LogP contribution in [0.5, 0.6) is 0 Å². The Morgan fingerprint density at radius 2 is 2.22 bits per heavy atom. The van der Waals surface area contributed by atoms with Gasteiger partial charge in [-0.05, 0) is 0 Å². The molecule has 0 unspecified atom stereocenters. The normalized spacial score (nSPS) is 14.9. The molecule has 1 heterocycles. The summed E-state index contributed by atoms with van der Waals surface area (Å²) in [5.74, 6) is -0.824. The highest BCUT2D eigenvalue weighted by atomic mass is 16.5. The minimum Gasteiger partial charge on any atom is -0.395 e. The Morgan fingerprint density at radius 3 is 2.72 bits per heavy atom. The summed E-state index contributed by atoms with van der Waals surface area (Å²) in [6.45, 7) is 0.200. The predicted octanol–water partition coefficient (Wildman–Crippen LogP) is -1.99. The number of amides is 4. The van der Waals surface area contributed by atoms with Gasteiger partial charge in [-0.15, -0.1) is 0 Å². The molecule has 0 bridgehead atoms. The molecule has 0 aromatic heterocycles. The van der Waals surface area contributed by atoms with Crippen LogP contribution in [-0.4, -0.2) is 79.3 Å². The summed E-state index contributed by atoms with van der Waals surface area (Å²) in [4.78, 5) is 36.7. The van der Waals surface area contributed by atoms with Crippen LogP contribution in [0, 0.1) is 0 Å². The summed E-state index contributed by atoms with van der Waals surface area (Å²) in [5, 5.41) is 11.2. The highest BCUT2D eigenvalue weighted by Crippen LogP contribution is 2.01. The first-order valence-electron chi connectivity index (χ1n) is 5.56. The average Bonchev–Trinajstić information content (AvgIpc) is 2.66. The number of methoxy groups -OCH3 is 1. The first kappa shape index (κ1) is 14.4. The zero-order valence-corrected chi connectivity index (χ0v) is 10.2. The molecule has 1 aliphatic heterocycles. The van der Waals surface area contributed by atoms with Crippen LogP contribution in [0.15, 0.2) is 0 Å². The fourth-order valence-corrected chi connectivity index (χ4v) is 1.53. The molecule has 1 fully saturated rings. The number of ether oxygens (including phenoxy) is 1. The number of aliphatic hydroxyl groups excluding tert-OH is 1. The minimum absolute atomic E-state index is 0.0792. The molecular weight excluding hydrogens is 242 g/mol. The van der Waals surface area contributed by atoms with E-state index >= 15 is 0 Å². The molecule has 4 amide bonds. The van der Waals surface area contributed by atoms with Gasteiger partial charge >= 0.3 is 6.03 Å². The second-order valence-electron chi connectivity index (χ2n) is 3.74. The van der Waals surface area contributed by atoms with Gasteiger partial charge in [-0.2, -0.15) is 0 Å². The molecular formula is C10H17N3O5. The van der Waals surface area contributed by atoms with Crippen LogP contribution >= 0.6 is 0 Å². The van der Waals surface area contributed by atoms with Gasteiger partial charge in [0, 0.05) is 20.2 Å². The number of imide groups is 1. The molecule has 2 N–H and O–H groups in total. The molecule has 0 aromatic carbocycles. The second kappa shape index (κ2) is 6.92. The van der Waals surface area contributed by atoms with Crippen molar-refractivity contribution in [2.75, 3.05) is 46.5 Å². The molecule has 0 radical (unpaired) electrons. The zero-order valence-electron chi connectivity index (χ0n) is 10.2. The van der Waals surface area contributed by atoms with Crippen molar-refractivity contribution in [3.05, 3.63) is 0 Å². The molecule has 0 atom stereocenters. The number of urea groups is 1. The molecule has 0 aliphatic carbocycles. The summed E-state index contributed by atoms with van der Waals surface area (Å²) in [6, 6.07) is -0.566. The van der Waals surface area contributed by atoms with E-state index in [4.69, 9.17) is 9.84 Å². The standard InChI is InChI=1S/C10H17N3O5/c1-18-5-3-12(2-4-14)9(16)7-13-8(15)6-11-10(13)17/h14H,2-7H2,1H3,(H,11,17). The molecule has 1 saturated heterocycles. The number of nitrogens with zero attached hydrogens (tertiary/aromatic N) is 2. The van der Waals surface area contributed by atoms with Gasteiger partial charge < -0.3 is 20.1 Å². The van der Waals surface area contributed by atoms with E-state index in [1.165, 1.54) is 12.0 Å². The molecule has 0 spiro atoms. The van der Waals surface area contributed by atoms with E-state index in [0.29, 0.717) is 13.2 Å². The van der Waals surface area contributed by atoms with Crippen LogP contribution in [-0.2, 0) is 14.3 Å². The fourth-order valence-electron chi connectivity index (χ4n) is 1.53. The summed E-state index contributed by atoms with van der Waals surface area (Å²) in [6.07, 6.45) is 0. The van der Waals surface area contributed by atoms with Crippen LogP contribution in [0.25, 0.3) is 0 Å². The van der Waals surface area contributed by atoms with Crippen molar-refractivity contribution in [2.45, 2.75) is 0 Å². The number of nitrogens with one attached hydrogen (secondary N) is 1. The lowest BCUT2D eigenvalue weighted by Crippen LogP contribution is -2.45. The summed E-state index contributed by atoms with van der Waals surface area (Å²) < 4.78 is 4.85. The maximum Gasteiger partial charge on any atom is 0.325 e. The van der Waals surface area contributed by atoms with E-state index < -0.39 is 17.8 Å². The SMILES string of the molecule is COCCN(CCO)C(=O)CN1C(=O)CNC1=O. The maximum atomic E-state index is 11.9. The van der Waals surface area contributed by atoms with Gasteiger partial charge in [-0.25, -0.2) is 4.79 Å². The first-order chi connectivity index (χ1) is 8.60. The third kappa shape index (κ3) is 3.67. The van der Waals surface area contributed by atoms with E-state index in [0.717, 1.165) is 4.90 Å².